The van der Waals surface area contributed by atoms with E-state index in [9.17, 15) is 19.5 Å². The van der Waals surface area contributed by atoms with Crippen molar-refractivity contribution in [3.05, 3.63) is 34.9 Å². The van der Waals surface area contributed by atoms with E-state index in [2.05, 4.69) is 10.6 Å². The van der Waals surface area contributed by atoms with Gasteiger partial charge in [0.1, 0.15) is 5.54 Å². The first-order valence-electron chi connectivity index (χ1n) is 7.63. The molecule has 1 unspecified atom stereocenters. The number of amides is 3. The fourth-order valence-corrected chi connectivity index (χ4v) is 2.81. The first-order chi connectivity index (χ1) is 11.3. The normalized spacial score (nSPS) is 19.8. The molecule has 8 heteroatoms. The van der Waals surface area contributed by atoms with Crippen molar-refractivity contribution in [3.8, 4) is 0 Å². The van der Waals surface area contributed by atoms with Crippen LogP contribution in [0.25, 0.3) is 0 Å². The molecule has 1 fully saturated rings. The number of carboxylic acid groups (broad SMARTS) is 1. The number of carboxylic acids is 1. The molecule has 3 amide bonds. The fourth-order valence-electron chi connectivity index (χ4n) is 2.68. The molecule has 24 heavy (non-hydrogen) atoms. The first kappa shape index (κ1) is 18.1. The van der Waals surface area contributed by atoms with Gasteiger partial charge >= 0.3 is 12.0 Å². The van der Waals surface area contributed by atoms with Gasteiger partial charge in [0, 0.05) is 18.1 Å². The van der Waals surface area contributed by atoms with Crippen LogP contribution >= 0.6 is 11.6 Å². The van der Waals surface area contributed by atoms with Crippen LogP contribution in [0.15, 0.2) is 24.3 Å². The summed E-state index contributed by atoms with van der Waals surface area (Å²) in [7, 11) is 0. The molecule has 1 aliphatic rings. The minimum Gasteiger partial charge on any atom is -0.480 e. The molecule has 0 saturated carbocycles. The minimum absolute atomic E-state index is 0.241. The van der Waals surface area contributed by atoms with E-state index in [4.69, 9.17) is 11.6 Å². The average molecular weight is 354 g/mol. The zero-order valence-corrected chi connectivity index (χ0v) is 14.1. The number of nitrogens with one attached hydrogen (secondary N) is 2. The summed E-state index contributed by atoms with van der Waals surface area (Å²) in [6.07, 6.45) is 1.05. The number of benzene rings is 1. The van der Waals surface area contributed by atoms with E-state index in [1.807, 2.05) is 0 Å². The van der Waals surface area contributed by atoms with E-state index in [0.29, 0.717) is 31.0 Å². The standard InChI is InChI=1S/C16H20ClN3O4/c1-16(14(22)23)7-2-8-20(16)13(21)10-19-15(24)18-9-11-3-5-12(17)6-4-11/h3-6H,2,7-10H2,1H3,(H,22,23)(H2,18,19,24). The van der Waals surface area contributed by atoms with Gasteiger partial charge in [-0.25, -0.2) is 9.59 Å². The van der Waals surface area contributed by atoms with Gasteiger partial charge in [-0.05, 0) is 37.5 Å². The Hall–Kier alpha value is -2.28. The number of hydrogen-bond donors (Lipinski definition) is 3. The topological polar surface area (TPSA) is 98.7 Å². The van der Waals surface area contributed by atoms with Gasteiger partial charge in [0.15, 0.2) is 0 Å². The van der Waals surface area contributed by atoms with E-state index in [1.54, 1.807) is 24.3 Å². The molecule has 0 spiro atoms. The Kier molecular flexibility index (Phi) is 5.66. The molecule has 1 saturated heterocycles. The third kappa shape index (κ3) is 4.17. The van der Waals surface area contributed by atoms with Crippen molar-refractivity contribution in [2.45, 2.75) is 31.8 Å². The summed E-state index contributed by atoms with van der Waals surface area (Å²) >= 11 is 5.78. The van der Waals surface area contributed by atoms with E-state index in [1.165, 1.54) is 11.8 Å². The second kappa shape index (κ2) is 7.53. The van der Waals surface area contributed by atoms with Crippen LogP contribution in [0, 0.1) is 0 Å². The van der Waals surface area contributed by atoms with Crippen LogP contribution in [-0.2, 0) is 16.1 Å². The van der Waals surface area contributed by atoms with Gasteiger partial charge in [0.2, 0.25) is 5.91 Å². The van der Waals surface area contributed by atoms with Crippen molar-refractivity contribution in [2.24, 2.45) is 0 Å². The van der Waals surface area contributed by atoms with Gasteiger partial charge in [-0.15, -0.1) is 0 Å². The lowest BCUT2D eigenvalue weighted by molar-refractivity contribution is -0.154. The van der Waals surface area contributed by atoms with Gasteiger partial charge in [-0.3, -0.25) is 4.79 Å². The van der Waals surface area contributed by atoms with Crippen LogP contribution in [0.5, 0.6) is 0 Å². The number of likely N-dealkylation sites (tertiary alicyclic amines) is 1. The molecule has 7 nitrogen and oxygen atoms in total. The van der Waals surface area contributed by atoms with Crippen molar-refractivity contribution < 1.29 is 19.5 Å². The smallest absolute Gasteiger partial charge is 0.329 e. The van der Waals surface area contributed by atoms with Crippen LogP contribution in [-0.4, -0.2) is 46.5 Å². The predicted octanol–water partition coefficient (Wildman–Crippen LogP) is 1.60. The summed E-state index contributed by atoms with van der Waals surface area (Å²) < 4.78 is 0. The average Bonchev–Trinajstić information content (AvgIpc) is 2.95. The largest absolute Gasteiger partial charge is 0.480 e. The number of rotatable bonds is 5. The molecular formula is C16H20ClN3O4. The number of nitrogens with zero attached hydrogens (tertiary/aromatic N) is 1. The third-order valence-electron chi connectivity index (χ3n) is 4.17. The molecule has 1 aliphatic heterocycles. The monoisotopic (exact) mass is 353 g/mol. The molecule has 2 rings (SSSR count). The highest BCUT2D eigenvalue weighted by atomic mass is 35.5. The van der Waals surface area contributed by atoms with Crippen LogP contribution in [0.1, 0.15) is 25.3 Å². The van der Waals surface area contributed by atoms with Crippen LogP contribution in [0.4, 0.5) is 4.79 Å². The van der Waals surface area contributed by atoms with E-state index >= 15 is 0 Å². The number of urea groups is 1. The summed E-state index contributed by atoms with van der Waals surface area (Å²) in [5.74, 6) is -1.43. The maximum Gasteiger partial charge on any atom is 0.329 e. The Balaban J connectivity index is 1.80. The Labute approximate surface area is 145 Å². The second-order valence-electron chi connectivity index (χ2n) is 5.89. The van der Waals surface area contributed by atoms with Gasteiger partial charge < -0.3 is 20.6 Å². The molecule has 0 aromatic heterocycles. The zero-order chi connectivity index (χ0) is 17.7. The maximum absolute atomic E-state index is 12.2. The van der Waals surface area contributed by atoms with Crippen molar-refractivity contribution >= 4 is 29.5 Å². The summed E-state index contributed by atoms with van der Waals surface area (Å²) in [5.41, 5.74) is -0.322. The van der Waals surface area contributed by atoms with E-state index < -0.39 is 23.4 Å². The summed E-state index contributed by atoms with van der Waals surface area (Å²) in [6, 6.07) is 6.53. The van der Waals surface area contributed by atoms with E-state index in [0.717, 1.165) is 5.56 Å². The number of carbonyl (C=O) groups excluding carboxylic acids is 2. The lowest BCUT2D eigenvalue weighted by Gasteiger charge is -2.31. The molecule has 0 radical (unpaired) electrons. The van der Waals surface area contributed by atoms with Crippen molar-refractivity contribution in [1.29, 1.82) is 0 Å². The van der Waals surface area contributed by atoms with Crippen LogP contribution < -0.4 is 10.6 Å². The molecule has 0 aliphatic carbocycles. The molecule has 1 atom stereocenters. The summed E-state index contributed by atoms with van der Waals surface area (Å²) in [5, 5.41) is 15.0. The lowest BCUT2D eigenvalue weighted by Crippen LogP contribution is -2.53. The highest BCUT2D eigenvalue weighted by Gasteiger charge is 2.45. The molecule has 130 valence electrons. The summed E-state index contributed by atoms with van der Waals surface area (Å²) in [6.45, 7) is 1.97. The molecule has 1 heterocycles. The van der Waals surface area contributed by atoms with Gasteiger partial charge in [-0.2, -0.15) is 0 Å². The van der Waals surface area contributed by atoms with Crippen molar-refractivity contribution in [1.82, 2.24) is 15.5 Å². The Morgan fingerprint density at radius 1 is 1.25 bits per heavy atom. The number of halogens is 1. The van der Waals surface area contributed by atoms with Crippen LogP contribution in [0.2, 0.25) is 5.02 Å². The Morgan fingerprint density at radius 2 is 1.92 bits per heavy atom. The van der Waals surface area contributed by atoms with Crippen molar-refractivity contribution in [3.63, 3.8) is 0 Å². The maximum atomic E-state index is 12.2. The number of carbonyl (C=O) groups is 3. The Morgan fingerprint density at radius 3 is 2.54 bits per heavy atom. The van der Waals surface area contributed by atoms with Gasteiger partial charge in [-0.1, -0.05) is 23.7 Å². The minimum atomic E-state index is -1.20. The van der Waals surface area contributed by atoms with Crippen LogP contribution in [0.3, 0.4) is 0 Å². The van der Waals surface area contributed by atoms with Gasteiger partial charge in [0.05, 0.1) is 6.54 Å². The molecule has 1 aromatic carbocycles. The zero-order valence-electron chi connectivity index (χ0n) is 13.3. The predicted molar refractivity (Wildman–Crippen MR) is 88.7 cm³/mol. The first-order valence-corrected chi connectivity index (χ1v) is 8.01. The third-order valence-corrected chi connectivity index (χ3v) is 4.42. The Bertz CT molecular complexity index is 635. The highest BCUT2D eigenvalue weighted by molar-refractivity contribution is 6.30. The molecular weight excluding hydrogens is 334 g/mol. The highest BCUT2D eigenvalue weighted by Crippen LogP contribution is 2.29. The lowest BCUT2D eigenvalue weighted by atomic mass is 9.99. The number of aliphatic carboxylic acids is 1. The second-order valence-corrected chi connectivity index (χ2v) is 6.33. The van der Waals surface area contributed by atoms with Crippen molar-refractivity contribution in [2.75, 3.05) is 13.1 Å². The molecule has 0 bridgehead atoms. The fraction of sp³-hybridized carbons (Fsp3) is 0.438. The molecule has 3 N–H and O–H groups in total. The van der Waals surface area contributed by atoms with Gasteiger partial charge in [0.25, 0.3) is 0 Å². The SMILES string of the molecule is CC1(C(=O)O)CCCN1C(=O)CNC(=O)NCc1ccc(Cl)cc1. The summed E-state index contributed by atoms with van der Waals surface area (Å²) in [4.78, 5) is 36.6. The van der Waals surface area contributed by atoms with E-state index in [-0.39, 0.29) is 6.54 Å². The molecule has 1 aromatic rings. The quantitative estimate of drug-likeness (QED) is 0.748. The number of hydrogen-bond acceptors (Lipinski definition) is 3.